The lowest BCUT2D eigenvalue weighted by Gasteiger charge is -2.38. The summed E-state index contributed by atoms with van der Waals surface area (Å²) in [5.74, 6) is 0.653. The van der Waals surface area contributed by atoms with Gasteiger partial charge in [0.1, 0.15) is 0 Å². The predicted octanol–water partition coefficient (Wildman–Crippen LogP) is 3.52. The van der Waals surface area contributed by atoms with Crippen LogP contribution in [-0.2, 0) is 13.5 Å². The van der Waals surface area contributed by atoms with E-state index in [1.807, 2.05) is 29.8 Å². The van der Waals surface area contributed by atoms with Crippen LogP contribution in [0.25, 0.3) is 11.0 Å². The molecule has 0 bridgehead atoms. The van der Waals surface area contributed by atoms with Crippen LogP contribution in [0.1, 0.15) is 40.2 Å². The molecule has 3 aromatic rings. The number of imidazole rings is 1. The summed E-state index contributed by atoms with van der Waals surface area (Å²) < 4.78 is 1.97. The molecule has 25 heavy (non-hydrogen) atoms. The third-order valence-corrected chi connectivity index (χ3v) is 5.90. The largest absolute Gasteiger partial charge is 0.335 e. The van der Waals surface area contributed by atoms with Gasteiger partial charge in [-0.05, 0) is 48.6 Å². The van der Waals surface area contributed by atoms with Crippen molar-refractivity contribution < 1.29 is 4.79 Å². The normalized spacial score (nSPS) is 22.0. The van der Waals surface area contributed by atoms with Gasteiger partial charge in [-0.15, -0.1) is 0 Å². The molecule has 4 nitrogen and oxygen atoms in total. The molecule has 4 heteroatoms. The summed E-state index contributed by atoms with van der Waals surface area (Å²) in [6.07, 6.45) is 5.05. The number of carbonyl (C=O) groups excluding carboxylic acids is 1. The molecule has 1 amide bonds. The number of likely N-dealkylation sites (tertiary alicyclic amines) is 1. The highest BCUT2D eigenvalue weighted by atomic mass is 16.2. The van der Waals surface area contributed by atoms with Gasteiger partial charge in [0, 0.05) is 31.1 Å². The second kappa shape index (κ2) is 5.45. The summed E-state index contributed by atoms with van der Waals surface area (Å²) in [4.78, 5) is 19.7. The maximum absolute atomic E-state index is 13.3. The fourth-order valence-corrected chi connectivity index (χ4v) is 4.66. The second-order valence-electron chi connectivity index (χ2n) is 7.28. The summed E-state index contributed by atoms with van der Waals surface area (Å²) in [6.45, 7) is 0.859. The average molecular weight is 331 g/mol. The molecule has 1 aliphatic carbocycles. The van der Waals surface area contributed by atoms with Gasteiger partial charge in [0.2, 0.25) is 0 Å². The lowest BCUT2D eigenvalue weighted by Crippen LogP contribution is -2.46. The van der Waals surface area contributed by atoms with Crippen LogP contribution in [0.4, 0.5) is 0 Å². The van der Waals surface area contributed by atoms with Crippen molar-refractivity contribution in [1.82, 2.24) is 14.5 Å². The zero-order valence-corrected chi connectivity index (χ0v) is 14.4. The lowest BCUT2D eigenvalue weighted by molar-refractivity contribution is 0.0595. The Hall–Kier alpha value is -2.62. The molecule has 1 aromatic heterocycles. The minimum Gasteiger partial charge on any atom is -0.335 e. The van der Waals surface area contributed by atoms with Crippen molar-refractivity contribution in [2.75, 3.05) is 6.54 Å². The van der Waals surface area contributed by atoms with E-state index in [2.05, 4.69) is 34.1 Å². The monoisotopic (exact) mass is 331 g/mol. The highest BCUT2D eigenvalue weighted by Crippen LogP contribution is 2.42. The molecule has 1 aliphatic heterocycles. The number of nitrogens with zero attached hydrogens (tertiary/aromatic N) is 3. The number of carbonyl (C=O) groups is 1. The highest BCUT2D eigenvalue weighted by Gasteiger charge is 2.40. The summed E-state index contributed by atoms with van der Waals surface area (Å²) in [5.41, 5.74) is 5.58. The lowest BCUT2D eigenvalue weighted by atomic mass is 9.88. The number of piperidine rings is 1. The molecule has 2 heterocycles. The molecule has 1 saturated heterocycles. The first kappa shape index (κ1) is 14.7. The Balaban J connectivity index is 1.50. The zero-order valence-electron chi connectivity index (χ0n) is 14.4. The maximum Gasteiger partial charge on any atom is 0.254 e. The van der Waals surface area contributed by atoms with Crippen molar-refractivity contribution in [3.05, 3.63) is 65.5 Å². The molecule has 2 aromatic carbocycles. The van der Waals surface area contributed by atoms with E-state index in [1.54, 1.807) is 6.33 Å². The first-order valence-corrected chi connectivity index (χ1v) is 9.02. The van der Waals surface area contributed by atoms with E-state index in [0.717, 1.165) is 36.0 Å². The first-order valence-electron chi connectivity index (χ1n) is 9.02. The zero-order chi connectivity index (χ0) is 17.0. The summed E-state index contributed by atoms with van der Waals surface area (Å²) >= 11 is 0. The summed E-state index contributed by atoms with van der Waals surface area (Å²) in [6, 6.07) is 14.9. The van der Waals surface area contributed by atoms with E-state index < -0.39 is 0 Å². The molecular formula is C21H21N3O. The van der Waals surface area contributed by atoms with Gasteiger partial charge < -0.3 is 9.47 Å². The quantitative estimate of drug-likeness (QED) is 0.684. The van der Waals surface area contributed by atoms with E-state index in [0.29, 0.717) is 12.0 Å². The number of benzene rings is 2. The van der Waals surface area contributed by atoms with Gasteiger partial charge in [0.25, 0.3) is 5.91 Å². The van der Waals surface area contributed by atoms with Crippen molar-refractivity contribution in [3.63, 3.8) is 0 Å². The second-order valence-corrected chi connectivity index (χ2v) is 7.28. The van der Waals surface area contributed by atoms with Gasteiger partial charge in [-0.2, -0.15) is 0 Å². The number of rotatable bonds is 1. The highest BCUT2D eigenvalue weighted by molar-refractivity contribution is 5.97. The average Bonchev–Trinajstić information content (AvgIpc) is 3.21. The van der Waals surface area contributed by atoms with Crippen LogP contribution in [-0.4, -0.2) is 32.9 Å². The SMILES string of the molecule is Cn1cnc2ccc(C(=O)N3CCC[C@H]4c5ccccc5C[C@H]43)cc21. The van der Waals surface area contributed by atoms with E-state index >= 15 is 0 Å². The number of fused-ring (bicyclic) bond motifs is 4. The van der Waals surface area contributed by atoms with Gasteiger partial charge in [-0.1, -0.05) is 24.3 Å². The van der Waals surface area contributed by atoms with Crippen LogP contribution in [0.15, 0.2) is 48.8 Å². The molecule has 0 unspecified atom stereocenters. The number of aryl methyl sites for hydroxylation is 1. The third kappa shape index (κ3) is 2.20. The Kier molecular flexibility index (Phi) is 3.20. The topological polar surface area (TPSA) is 38.1 Å². The number of amides is 1. The van der Waals surface area contributed by atoms with Crippen LogP contribution >= 0.6 is 0 Å². The van der Waals surface area contributed by atoms with Crippen molar-refractivity contribution in [2.45, 2.75) is 31.2 Å². The van der Waals surface area contributed by atoms with Gasteiger partial charge in [-0.3, -0.25) is 4.79 Å². The predicted molar refractivity (Wildman–Crippen MR) is 97.7 cm³/mol. The van der Waals surface area contributed by atoms with E-state index in [1.165, 1.54) is 17.5 Å². The minimum absolute atomic E-state index is 0.158. The fraction of sp³-hybridized carbons (Fsp3) is 0.333. The van der Waals surface area contributed by atoms with Crippen LogP contribution in [0.2, 0.25) is 0 Å². The number of hydrogen-bond donors (Lipinski definition) is 0. The van der Waals surface area contributed by atoms with E-state index in [9.17, 15) is 4.79 Å². The molecule has 0 N–H and O–H groups in total. The first-order chi connectivity index (χ1) is 12.2. The van der Waals surface area contributed by atoms with Gasteiger partial charge >= 0.3 is 0 Å². The Bertz CT molecular complexity index is 974. The van der Waals surface area contributed by atoms with Crippen molar-refractivity contribution in [1.29, 1.82) is 0 Å². The molecule has 2 aliphatic rings. The van der Waals surface area contributed by atoms with Crippen LogP contribution in [0.3, 0.4) is 0 Å². The van der Waals surface area contributed by atoms with Crippen molar-refractivity contribution in [2.24, 2.45) is 7.05 Å². The molecule has 126 valence electrons. The fourth-order valence-electron chi connectivity index (χ4n) is 4.66. The summed E-state index contributed by atoms with van der Waals surface area (Å²) in [5, 5.41) is 0. The van der Waals surface area contributed by atoms with Gasteiger partial charge in [-0.25, -0.2) is 4.98 Å². The number of aromatic nitrogens is 2. The Morgan fingerprint density at radius 2 is 2.08 bits per heavy atom. The van der Waals surface area contributed by atoms with Gasteiger partial charge in [0.05, 0.1) is 17.4 Å². The third-order valence-electron chi connectivity index (χ3n) is 5.90. The maximum atomic E-state index is 13.3. The Labute approximate surface area is 147 Å². The molecule has 0 saturated carbocycles. The molecule has 1 fully saturated rings. The molecule has 2 atom stereocenters. The standard InChI is InChI=1S/C21H21N3O/c1-23-13-22-18-9-8-15(12-20(18)23)21(25)24-10-4-7-17-16-6-3-2-5-14(16)11-19(17)24/h2-3,5-6,8-9,12-13,17,19H,4,7,10-11H2,1H3/t17-,19+/m0/s1. The molecule has 5 rings (SSSR count). The van der Waals surface area contributed by atoms with Crippen molar-refractivity contribution >= 4 is 16.9 Å². The molecule has 0 radical (unpaired) electrons. The van der Waals surface area contributed by atoms with Crippen LogP contribution < -0.4 is 0 Å². The van der Waals surface area contributed by atoms with Crippen LogP contribution in [0, 0.1) is 0 Å². The van der Waals surface area contributed by atoms with E-state index in [-0.39, 0.29) is 5.91 Å². The molecular weight excluding hydrogens is 310 g/mol. The van der Waals surface area contributed by atoms with Gasteiger partial charge in [0.15, 0.2) is 0 Å². The summed E-state index contributed by atoms with van der Waals surface area (Å²) in [7, 11) is 1.97. The van der Waals surface area contributed by atoms with Crippen LogP contribution in [0.5, 0.6) is 0 Å². The Morgan fingerprint density at radius 3 is 3.00 bits per heavy atom. The van der Waals surface area contributed by atoms with Crippen molar-refractivity contribution in [3.8, 4) is 0 Å². The van der Waals surface area contributed by atoms with E-state index in [4.69, 9.17) is 0 Å². The number of hydrogen-bond acceptors (Lipinski definition) is 2. The Morgan fingerprint density at radius 1 is 1.20 bits per heavy atom. The minimum atomic E-state index is 0.158. The molecule has 0 spiro atoms. The smallest absolute Gasteiger partial charge is 0.254 e.